The van der Waals surface area contributed by atoms with Crippen LogP contribution in [0.2, 0.25) is 0 Å². The van der Waals surface area contributed by atoms with E-state index in [0.29, 0.717) is 36.1 Å². The lowest BCUT2D eigenvalue weighted by atomic mass is 9.32. The van der Waals surface area contributed by atoms with E-state index in [1.54, 1.807) is 6.92 Å². The standard InChI is InChI=1S/C35H57NO4/c1-21-20-24(21)23-10-15-35(30(39)36-18-19-37)17-16-33(6)25(29(23)35)8-9-27-32(5)13-12-28(40-22(2)38)31(3,4)26(32)11-14-34(27,33)7/h21,23-29,37H,8-20H2,1-7H3,(H,36,39). The van der Waals surface area contributed by atoms with E-state index >= 15 is 0 Å². The van der Waals surface area contributed by atoms with Crippen LogP contribution in [0.1, 0.15) is 119 Å². The Kier molecular flexibility index (Phi) is 6.85. The molecule has 0 heterocycles. The second-order valence-corrected chi connectivity index (χ2v) is 16.9. The third-order valence-electron chi connectivity index (χ3n) is 15.3. The zero-order valence-electron chi connectivity index (χ0n) is 26.5. The molecular weight excluding hydrogens is 498 g/mol. The highest BCUT2D eigenvalue weighted by Gasteiger charge is 2.72. The lowest BCUT2D eigenvalue weighted by Crippen LogP contribution is -2.67. The molecule has 5 nitrogen and oxygen atoms in total. The van der Waals surface area contributed by atoms with Crippen molar-refractivity contribution in [2.45, 2.75) is 125 Å². The molecule has 6 fully saturated rings. The van der Waals surface area contributed by atoms with Gasteiger partial charge in [-0.1, -0.05) is 41.5 Å². The Morgan fingerprint density at radius 1 is 0.850 bits per heavy atom. The van der Waals surface area contributed by atoms with Crippen molar-refractivity contribution in [2.24, 2.45) is 68.5 Å². The van der Waals surface area contributed by atoms with Gasteiger partial charge >= 0.3 is 5.97 Å². The number of carbonyl (C=O) groups excluding carboxylic acids is 2. The van der Waals surface area contributed by atoms with Gasteiger partial charge in [0.15, 0.2) is 0 Å². The molecule has 0 aromatic carbocycles. The molecule has 12 unspecified atom stereocenters. The smallest absolute Gasteiger partial charge is 0.302 e. The normalized spacial score (nSPS) is 52.4. The lowest BCUT2D eigenvalue weighted by molar-refractivity contribution is -0.249. The highest BCUT2D eigenvalue weighted by atomic mass is 16.5. The van der Waals surface area contributed by atoms with Gasteiger partial charge in [-0.15, -0.1) is 0 Å². The van der Waals surface area contributed by atoms with E-state index < -0.39 is 0 Å². The molecule has 2 N–H and O–H groups in total. The molecule has 0 aromatic heterocycles. The van der Waals surface area contributed by atoms with Crippen LogP contribution in [-0.2, 0) is 14.3 Å². The molecule has 6 rings (SSSR count). The molecule has 1 amide bonds. The van der Waals surface area contributed by atoms with Crippen LogP contribution in [0.4, 0.5) is 0 Å². The zero-order chi connectivity index (χ0) is 28.9. The molecule has 0 aliphatic heterocycles. The minimum Gasteiger partial charge on any atom is -0.462 e. The number of hydrogen-bond donors (Lipinski definition) is 2. The quantitative estimate of drug-likeness (QED) is 0.367. The first kappa shape index (κ1) is 29.0. The van der Waals surface area contributed by atoms with Crippen LogP contribution < -0.4 is 5.32 Å². The molecule has 0 radical (unpaired) electrons. The Labute approximate surface area is 243 Å². The number of hydrogen-bond acceptors (Lipinski definition) is 4. The van der Waals surface area contributed by atoms with Crippen LogP contribution in [0, 0.1) is 68.5 Å². The molecule has 6 aliphatic rings. The summed E-state index contributed by atoms with van der Waals surface area (Å²) in [4.78, 5) is 25.9. The number of ether oxygens (including phenoxy) is 1. The zero-order valence-corrected chi connectivity index (χ0v) is 26.5. The number of fused-ring (bicyclic) bond motifs is 7. The Morgan fingerprint density at radius 2 is 1.57 bits per heavy atom. The summed E-state index contributed by atoms with van der Waals surface area (Å²) in [6.45, 7) is 17.1. The second-order valence-electron chi connectivity index (χ2n) is 16.9. The van der Waals surface area contributed by atoms with E-state index in [1.165, 1.54) is 38.5 Å². The van der Waals surface area contributed by atoms with Crippen LogP contribution in [0.3, 0.4) is 0 Å². The van der Waals surface area contributed by atoms with Gasteiger partial charge in [-0.3, -0.25) is 9.59 Å². The van der Waals surface area contributed by atoms with Gasteiger partial charge in [-0.25, -0.2) is 0 Å². The average molecular weight is 556 g/mol. The molecular formula is C35H57NO4. The molecule has 5 heteroatoms. The van der Waals surface area contributed by atoms with E-state index in [4.69, 9.17) is 4.74 Å². The summed E-state index contributed by atoms with van der Waals surface area (Å²) in [5.41, 5.74) is 0.520. The Balaban J connectivity index is 1.34. The van der Waals surface area contributed by atoms with E-state index in [-0.39, 0.29) is 51.7 Å². The molecule has 0 bridgehead atoms. The maximum absolute atomic E-state index is 13.9. The van der Waals surface area contributed by atoms with Crippen molar-refractivity contribution in [3.63, 3.8) is 0 Å². The summed E-state index contributed by atoms with van der Waals surface area (Å²) in [5, 5.41) is 12.7. The SMILES string of the molecule is CC(=O)OC1CCC2(C)C(CCC3(C)C2CCC2C4C(C5CC5C)CCC4(C(=O)NCCO)CCC23C)C1(C)C. The number of aliphatic hydroxyl groups excluding tert-OH is 1. The largest absolute Gasteiger partial charge is 0.462 e. The summed E-state index contributed by atoms with van der Waals surface area (Å²) in [5.74, 6) is 4.74. The minimum atomic E-state index is -0.235. The molecule has 6 saturated carbocycles. The first-order chi connectivity index (χ1) is 18.8. The fourth-order valence-electron chi connectivity index (χ4n) is 13.2. The number of rotatable bonds is 5. The van der Waals surface area contributed by atoms with Gasteiger partial charge in [0.2, 0.25) is 5.91 Å². The van der Waals surface area contributed by atoms with Crippen molar-refractivity contribution in [2.75, 3.05) is 13.2 Å². The van der Waals surface area contributed by atoms with Crippen molar-refractivity contribution in [1.29, 1.82) is 0 Å². The molecule has 226 valence electrons. The number of amides is 1. The molecule has 0 saturated heterocycles. The predicted molar refractivity (Wildman–Crippen MR) is 157 cm³/mol. The Morgan fingerprint density at radius 3 is 2.23 bits per heavy atom. The third-order valence-corrected chi connectivity index (χ3v) is 15.3. The maximum atomic E-state index is 13.9. The van der Waals surface area contributed by atoms with Gasteiger partial charge in [0.05, 0.1) is 12.0 Å². The Hall–Kier alpha value is -1.10. The topological polar surface area (TPSA) is 75.6 Å². The van der Waals surface area contributed by atoms with Crippen molar-refractivity contribution < 1.29 is 19.4 Å². The van der Waals surface area contributed by atoms with Crippen LogP contribution in [0.5, 0.6) is 0 Å². The summed E-state index contributed by atoms with van der Waals surface area (Å²) in [7, 11) is 0. The first-order valence-electron chi connectivity index (χ1n) is 16.8. The maximum Gasteiger partial charge on any atom is 0.302 e. The Bertz CT molecular complexity index is 1040. The molecule has 6 aliphatic carbocycles. The van der Waals surface area contributed by atoms with Crippen molar-refractivity contribution >= 4 is 11.9 Å². The molecule has 40 heavy (non-hydrogen) atoms. The van der Waals surface area contributed by atoms with Crippen LogP contribution >= 0.6 is 0 Å². The number of aliphatic hydroxyl groups is 1. The fraction of sp³-hybridized carbons (Fsp3) is 0.943. The summed E-state index contributed by atoms with van der Waals surface area (Å²) >= 11 is 0. The van der Waals surface area contributed by atoms with Crippen molar-refractivity contribution in [3.05, 3.63) is 0 Å². The van der Waals surface area contributed by atoms with Crippen LogP contribution in [0.15, 0.2) is 0 Å². The summed E-state index contributed by atoms with van der Waals surface area (Å²) in [6.07, 6.45) is 12.9. The van der Waals surface area contributed by atoms with Gasteiger partial charge in [0.25, 0.3) is 0 Å². The monoisotopic (exact) mass is 555 g/mol. The lowest BCUT2D eigenvalue weighted by Gasteiger charge is -2.72. The average Bonchev–Trinajstić information content (AvgIpc) is 3.47. The van der Waals surface area contributed by atoms with Crippen LogP contribution in [-0.4, -0.2) is 36.2 Å². The van der Waals surface area contributed by atoms with E-state index in [2.05, 4.69) is 46.9 Å². The van der Waals surface area contributed by atoms with E-state index in [0.717, 1.165) is 43.9 Å². The number of carbonyl (C=O) groups is 2. The summed E-state index contributed by atoms with van der Waals surface area (Å²) < 4.78 is 5.93. The molecule has 0 aromatic rings. The van der Waals surface area contributed by atoms with Gasteiger partial charge in [0, 0.05) is 18.9 Å². The molecule has 12 atom stereocenters. The minimum absolute atomic E-state index is 0.0110. The van der Waals surface area contributed by atoms with Crippen molar-refractivity contribution in [3.8, 4) is 0 Å². The highest BCUT2D eigenvalue weighted by Crippen LogP contribution is 2.78. The number of esters is 1. The van der Waals surface area contributed by atoms with Gasteiger partial charge in [-0.2, -0.15) is 0 Å². The summed E-state index contributed by atoms with van der Waals surface area (Å²) in [6, 6.07) is 0. The third kappa shape index (κ3) is 3.80. The van der Waals surface area contributed by atoms with Crippen molar-refractivity contribution in [1.82, 2.24) is 5.32 Å². The van der Waals surface area contributed by atoms with Gasteiger partial charge < -0.3 is 15.2 Å². The van der Waals surface area contributed by atoms with Gasteiger partial charge in [-0.05, 0) is 128 Å². The second kappa shape index (κ2) is 9.45. The van der Waals surface area contributed by atoms with Crippen LogP contribution in [0.25, 0.3) is 0 Å². The van der Waals surface area contributed by atoms with E-state index in [9.17, 15) is 14.7 Å². The highest BCUT2D eigenvalue weighted by molar-refractivity contribution is 5.83. The van der Waals surface area contributed by atoms with Gasteiger partial charge in [0.1, 0.15) is 6.10 Å². The van der Waals surface area contributed by atoms with E-state index in [1.807, 2.05) is 0 Å². The molecule has 0 spiro atoms. The first-order valence-corrected chi connectivity index (χ1v) is 16.8. The fourth-order valence-corrected chi connectivity index (χ4v) is 13.2. The number of nitrogens with one attached hydrogen (secondary N) is 1. The predicted octanol–water partition coefficient (Wildman–Crippen LogP) is 6.76.